The van der Waals surface area contributed by atoms with Gasteiger partial charge in [-0.2, -0.15) is 31.3 Å². The molecule has 1 aromatic heterocycles. The van der Waals surface area contributed by atoms with Crippen molar-refractivity contribution in [2.24, 2.45) is 5.16 Å². The SMILES string of the molecule is CC(=NOCc1cc(C(F)(F)F)cc(C(F)(F)F)c1)c1ccc(-c2noc([C@@H]3CCNC3)n2)cc1. The molecule has 12 heteroatoms. The molecule has 1 aliphatic heterocycles. The van der Waals surface area contributed by atoms with Crippen LogP contribution in [0.1, 0.15) is 47.4 Å². The highest BCUT2D eigenvalue weighted by atomic mass is 19.4. The zero-order valence-electron chi connectivity index (χ0n) is 18.4. The van der Waals surface area contributed by atoms with Crippen LogP contribution in [-0.4, -0.2) is 28.9 Å². The Morgan fingerprint density at radius 2 is 1.71 bits per heavy atom. The summed E-state index contributed by atoms with van der Waals surface area (Å²) in [6, 6.07) is 8.21. The predicted molar refractivity (Wildman–Crippen MR) is 113 cm³/mol. The van der Waals surface area contributed by atoms with Crippen LogP contribution >= 0.6 is 0 Å². The molecule has 6 nitrogen and oxygen atoms in total. The number of rotatable bonds is 6. The second-order valence-corrected chi connectivity index (χ2v) is 8.09. The number of benzene rings is 2. The van der Waals surface area contributed by atoms with Gasteiger partial charge in [0.25, 0.3) is 0 Å². The maximum Gasteiger partial charge on any atom is 0.416 e. The van der Waals surface area contributed by atoms with Gasteiger partial charge < -0.3 is 14.7 Å². The van der Waals surface area contributed by atoms with Gasteiger partial charge in [0.15, 0.2) is 0 Å². The molecule has 35 heavy (non-hydrogen) atoms. The Hall–Kier alpha value is -3.41. The second-order valence-electron chi connectivity index (χ2n) is 8.09. The molecule has 0 saturated carbocycles. The number of alkyl halides is 6. The summed E-state index contributed by atoms with van der Waals surface area (Å²) in [7, 11) is 0. The lowest BCUT2D eigenvalue weighted by Gasteiger charge is -2.13. The molecule has 2 aromatic carbocycles. The molecule has 1 atom stereocenters. The highest BCUT2D eigenvalue weighted by Gasteiger charge is 2.37. The van der Waals surface area contributed by atoms with Crippen molar-refractivity contribution in [3.63, 3.8) is 0 Å². The molecule has 186 valence electrons. The highest BCUT2D eigenvalue weighted by molar-refractivity contribution is 5.98. The molecular formula is C23H20F6N4O2. The summed E-state index contributed by atoms with van der Waals surface area (Å²) in [5.41, 5.74) is -1.38. The second kappa shape index (κ2) is 9.68. The van der Waals surface area contributed by atoms with Crippen molar-refractivity contribution in [3.8, 4) is 11.4 Å². The molecule has 2 heterocycles. The van der Waals surface area contributed by atoms with E-state index in [0.717, 1.165) is 19.5 Å². The minimum Gasteiger partial charge on any atom is -0.391 e. The first kappa shape index (κ1) is 24.7. The van der Waals surface area contributed by atoms with Crippen molar-refractivity contribution < 1.29 is 35.7 Å². The van der Waals surface area contributed by atoms with Crippen molar-refractivity contribution in [1.82, 2.24) is 15.5 Å². The number of hydrogen-bond acceptors (Lipinski definition) is 6. The number of nitrogens with one attached hydrogen (secondary N) is 1. The summed E-state index contributed by atoms with van der Waals surface area (Å²) in [5.74, 6) is 1.20. The first-order chi connectivity index (χ1) is 16.5. The van der Waals surface area contributed by atoms with Gasteiger partial charge in [-0.3, -0.25) is 0 Å². The number of aromatic nitrogens is 2. The zero-order chi connectivity index (χ0) is 25.2. The quantitative estimate of drug-likeness (QED) is 0.265. The van der Waals surface area contributed by atoms with Crippen LogP contribution in [0.4, 0.5) is 26.3 Å². The maximum atomic E-state index is 13.0. The molecule has 1 aliphatic rings. The van der Waals surface area contributed by atoms with E-state index in [2.05, 4.69) is 20.6 Å². The van der Waals surface area contributed by atoms with Crippen LogP contribution in [0.3, 0.4) is 0 Å². The van der Waals surface area contributed by atoms with E-state index < -0.39 is 30.1 Å². The van der Waals surface area contributed by atoms with Gasteiger partial charge in [-0.15, -0.1) is 0 Å². The van der Waals surface area contributed by atoms with Crippen LogP contribution < -0.4 is 5.32 Å². The third-order valence-corrected chi connectivity index (χ3v) is 5.49. The summed E-state index contributed by atoms with van der Waals surface area (Å²) in [6.07, 6.45) is -8.93. The van der Waals surface area contributed by atoms with Crippen LogP contribution in [0, 0.1) is 0 Å². The topological polar surface area (TPSA) is 72.5 Å². The van der Waals surface area contributed by atoms with Gasteiger partial charge in [0.2, 0.25) is 11.7 Å². The van der Waals surface area contributed by atoms with E-state index in [0.29, 0.717) is 40.7 Å². The van der Waals surface area contributed by atoms with E-state index in [9.17, 15) is 26.3 Å². The summed E-state index contributed by atoms with van der Waals surface area (Å²) in [6.45, 7) is 2.72. The fraction of sp³-hybridized carbons (Fsp3) is 0.348. The molecule has 4 rings (SSSR count). The molecule has 0 unspecified atom stereocenters. The Bertz CT molecular complexity index is 1160. The minimum atomic E-state index is -4.93. The molecule has 0 amide bonds. The van der Waals surface area contributed by atoms with Gasteiger partial charge in [-0.05, 0) is 49.2 Å². The van der Waals surface area contributed by atoms with Gasteiger partial charge >= 0.3 is 12.4 Å². The summed E-state index contributed by atoms with van der Waals surface area (Å²) in [4.78, 5) is 9.49. The lowest BCUT2D eigenvalue weighted by Crippen LogP contribution is -2.12. The van der Waals surface area contributed by atoms with Gasteiger partial charge in [0.05, 0.1) is 22.8 Å². The molecular weight excluding hydrogens is 478 g/mol. The van der Waals surface area contributed by atoms with E-state index in [-0.39, 0.29) is 17.5 Å². The first-order valence-electron chi connectivity index (χ1n) is 10.6. The molecule has 1 saturated heterocycles. The number of hydrogen-bond donors (Lipinski definition) is 1. The Morgan fingerprint density at radius 1 is 1.06 bits per heavy atom. The normalized spacial score (nSPS) is 17.1. The Labute approximate surface area is 196 Å². The van der Waals surface area contributed by atoms with Crippen LogP contribution in [-0.2, 0) is 23.8 Å². The van der Waals surface area contributed by atoms with Crippen molar-refractivity contribution in [2.45, 2.75) is 38.2 Å². The number of halogens is 6. The summed E-state index contributed by atoms with van der Waals surface area (Å²) >= 11 is 0. The average Bonchev–Trinajstić information content (AvgIpc) is 3.50. The van der Waals surface area contributed by atoms with Gasteiger partial charge in [-0.25, -0.2) is 0 Å². The van der Waals surface area contributed by atoms with E-state index in [1.165, 1.54) is 0 Å². The number of oxime groups is 1. The van der Waals surface area contributed by atoms with Crippen molar-refractivity contribution in [2.75, 3.05) is 13.1 Å². The van der Waals surface area contributed by atoms with Crippen molar-refractivity contribution in [3.05, 3.63) is 70.6 Å². The third-order valence-electron chi connectivity index (χ3n) is 5.49. The highest BCUT2D eigenvalue weighted by Crippen LogP contribution is 2.36. The largest absolute Gasteiger partial charge is 0.416 e. The van der Waals surface area contributed by atoms with Crippen LogP contribution in [0.15, 0.2) is 52.1 Å². The van der Waals surface area contributed by atoms with Crippen LogP contribution in [0.2, 0.25) is 0 Å². The monoisotopic (exact) mass is 498 g/mol. The standard InChI is InChI=1S/C23H20F6N4O2/c1-13(32-34-12-14-8-18(22(24,25)26)10-19(9-14)23(27,28)29)15-2-4-16(5-3-15)20-31-21(35-33-20)17-6-7-30-11-17/h2-5,8-10,17,30H,6-7,11-12H2,1H3/t17-/m1/s1. The van der Waals surface area contributed by atoms with Crippen LogP contribution in [0.5, 0.6) is 0 Å². The number of nitrogens with zero attached hydrogens (tertiary/aromatic N) is 3. The van der Waals surface area contributed by atoms with E-state index in [1.54, 1.807) is 31.2 Å². The molecule has 0 bridgehead atoms. The summed E-state index contributed by atoms with van der Waals surface area (Å²) < 4.78 is 83.3. The Morgan fingerprint density at radius 3 is 2.29 bits per heavy atom. The van der Waals surface area contributed by atoms with Crippen molar-refractivity contribution in [1.29, 1.82) is 0 Å². The maximum absolute atomic E-state index is 13.0. The minimum absolute atomic E-state index is 0.0664. The van der Waals surface area contributed by atoms with Gasteiger partial charge in [0, 0.05) is 12.1 Å². The summed E-state index contributed by atoms with van der Waals surface area (Å²) in [5, 5.41) is 11.1. The predicted octanol–water partition coefficient (Wildman–Crippen LogP) is 5.79. The lowest BCUT2D eigenvalue weighted by molar-refractivity contribution is -0.143. The average molecular weight is 498 g/mol. The molecule has 1 N–H and O–H groups in total. The fourth-order valence-corrected chi connectivity index (χ4v) is 3.60. The molecule has 0 radical (unpaired) electrons. The zero-order valence-corrected chi connectivity index (χ0v) is 18.4. The van der Waals surface area contributed by atoms with Crippen LogP contribution in [0.25, 0.3) is 11.4 Å². The van der Waals surface area contributed by atoms with E-state index >= 15 is 0 Å². The third kappa shape index (κ3) is 5.99. The van der Waals surface area contributed by atoms with Crippen molar-refractivity contribution >= 4 is 5.71 Å². The molecule has 1 fully saturated rings. The van der Waals surface area contributed by atoms with E-state index in [1.807, 2.05) is 0 Å². The lowest BCUT2D eigenvalue weighted by atomic mass is 10.1. The smallest absolute Gasteiger partial charge is 0.391 e. The molecule has 3 aromatic rings. The van der Waals surface area contributed by atoms with Gasteiger partial charge in [0.1, 0.15) is 6.61 Å². The molecule has 0 spiro atoms. The Kier molecular flexibility index (Phi) is 6.84. The molecule has 0 aliphatic carbocycles. The Balaban J connectivity index is 1.43. The van der Waals surface area contributed by atoms with Gasteiger partial charge in [-0.1, -0.05) is 34.6 Å². The van der Waals surface area contributed by atoms with E-state index in [4.69, 9.17) is 9.36 Å². The first-order valence-corrected chi connectivity index (χ1v) is 10.6. The fourth-order valence-electron chi connectivity index (χ4n) is 3.60.